The molecule has 4 unspecified atom stereocenters. The molecule has 0 amide bonds. The highest BCUT2D eigenvalue weighted by atomic mass is 15.0. The normalized spacial score (nSPS) is 48.5. The van der Waals surface area contributed by atoms with Crippen LogP contribution in [0.2, 0.25) is 0 Å². The van der Waals surface area contributed by atoms with Gasteiger partial charge in [0.1, 0.15) is 0 Å². The second-order valence-corrected chi connectivity index (χ2v) is 4.20. The van der Waals surface area contributed by atoms with Crippen molar-refractivity contribution >= 4 is 0 Å². The van der Waals surface area contributed by atoms with E-state index in [-0.39, 0.29) is 0 Å². The third-order valence-corrected chi connectivity index (χ3v) is 3.77. The fourth-order valence-corrected chi connectivity index (χ4v) is 3.20. The van der Waals surface area contributed by atoms with E-state index in [0.717, 1.165) is 30.3 Å². The molecular weight excluding hydrogens is 134 g/mol. The van der Waals surface area contributed by atoms with Gasteiger partial charge in [-0.15, -0.1) is 0 Å². The molecule has 0 radical (unpaired) electrons. The van der Waals surface area contributed by atoms with E-state index in [0.29, 0.717) is 0 Å². The van der Waals surface area contributed by atoms with Crippen LogP contribution >= 0.6 is 0 Å². The van der Waals surface area contributed by atoms with Crippen molar-refractivity contribution in [2.75, 3.05) is 6.54 Å². The summed E-state index contributed by atoms with van der Waals surface area (Å²) >= 11 is 0. The summed E-state index contributed by atoms with van der Waals surface area (Å²) in [4.78, 5) is 0. The van der Waals surface area contributed by atoms with E-state index in [2.05, 4.69) is 19.2 Å². The molecule has 0 saturated heterocycles. The Kier molecular flexibility index (Phi) is 1.92. The smallest absolute Gasteiger partial charge is 0.0126 e. The van der Waals surface area contributed by atoms with Crippen LogP contribution in [-0.4, -0.2) is 12.6 Å². The highest BCUT2D eigenvalue weighted by Crippen LogP contribution is 2.50. The van der Waals surface area contributed by atoms with E-state index >= 15 is 0 Å². The molecule has 0 spiro atoms. The predicted molar refractivity (Wildman–Crippen MR) is 47.5 cm³/mol. The molecule has 1 nitrogen and oxygen atoms in total. The van der Waals surface area contributed by atoms with Crippen molar-refractivity contribution in [1.82, 2.24) is 5.32 Å². The van der Waals surface area contributed by atoms with E-state index in [4.69, 9.17) is 0 Å². The number of fused-ring (bicyclic) bond motifs is 1. The van der Waals surface area contributed by atoms with Crippen molar-refractivity contribution in [2.45, 2.75) is 39.2 Å². The SMILES string of the molecule is CCNC1C(C)C2CCCC21. The summed E-state index contributed by atoms with van der Waals surface area (Å²) in [6, 6.07) is 0.868. The lowest BCUT2D eigenvalue weighted by atomic mass is 9.63. The molecule has 2 fully saturated rings. The van der Waals surface area contributed by atoms with Crippen molar-refractivity contribution in [1.29, 1.82) is 0 Å². The van der Waals surface area contributed by atoms with Crippen molar-refractivity contribution in [2.24, 2.45) is 17.8 Å². The minimum atomic E-state index is 0.868. The Hall–Kier alpha value is -0.0400. The first kappa shape index (κ1) is 7.60. The molecule has 0 aromatic rings. The summed E-state index contributed by atoms with van der Waals surface area (Å²) in [6.07, 6.45) is 4.49. The molecule has 0 aromatic carbocycles. The Morgan fingerprint density at radius 3 is 2.73 bits per heavy atom. The van der Waals surface area contributed by atoms with Gasteiger partial charge in [0.2, 0.25) is 0 Å². The van der Waals surface area contributed by atoms with Crippen LogP contribution in [0.5, 0.6) is 0 Å². The third-order valence-electron chi connectivity index (χ3n) is 3.77. The molecule has 4 atom stereocenters. The molecule has 0 heterocycles. The predicted octanol–water partition coefficient (Wildman–Crippen LogP) is 2.03. The maximum absolute atomic E-state index is 3.60. The van der Waals surface area contributed by atoms with Crippen LogP contribution in [0.25, 0.3) is 0 Å². The van der Waals surface area contributed by atoms with Gasteiger partial charge in [-0.25, -0.2) is 0 Å². The van der Waals surface area contributed by atoms with E-state index < -0.39 is 0 Å². The van der Waals surface area contributed by atoms with Crippen molar-refractivity contribution < 1.29 is 0 Å². The molecule has 2 aliphatic carbocycles. The van der Waals surface area contributed by atoms with Gasteiger partial charge in [0.25, 0.3) is 0 Å². The van der Waals surface area contributed by atoms with Crippen LogP contribution in [0.15, 0.2) is 0 Å². The molecule has 0 aromatic heterocycles. The summed E-state index contributed by atoms with van der Waals surface area (Å²) in [5.74, 6) is 3.09. The van der Waals surface area contributed by atoms with Gasteiger partial charge < -0.3 is 5.32 Å². The first-order valence-electron chi connectivity index (χ1n) is 5.08. The lowest BCUT2D eigenvalue weighted by Crippen LogP contribution is -2.55. The standard InChI is InChI=1S/C10H19N/c1-3-11-10-7(2)8-5-4-6-9(8)10/h7-11H,3-6H2,1-2H3. The number of hydrogen-bond acceptors (Lipinski definition) is 1. The Labute approximate surface area is 69.6 Å². The van der Waals surface area contributed by atoms with Crippen LogP contribution in [-0.2, 0) is 0 Å². The highest BCUT2D eigenvalue weighted by Gasteiger charge is 2.48. The summed E-state index contributed by atoms with van der Waals surface area (Å²) in [7, 11) is 0. The zero-order valence-corrected chi connectivity index (χ0v) is 7.64. The van der Waals surface area contributed by atoms with Gasteiger partial charge in [0.05, 0.1) is 0 Å². The third kappa shape index (κ3) is 1.01. The van der Waals surface area contributed by atoms with Gasteiger partial charge in [-0.2, -0.15) is 0 Å². The summed E-state index contributed by atoms with van der Waals surface area (Å²) in [5, 5.41) is 3.60. The second-order valence-electron chi connectivity index (χ2n) is 4.20. The largest absolute Gasteiger partial charge is 0.314 e. The van der Waals surface area contributed by atoms with Crippen molar-refractivity contribution in [3.63, 3.8) is 0 Å². The van der Waals surface area contributed by atoms with Crippen LogP contribution in [0.4, 0.5) is 0 Å². The summed E-state index contributed by atoms with van der Waals surface area (Å²) in [5.41, 5.74) is 0. The first-order chi connectivity index (χ1) is 5.34. The fourth-order valence-electron chi connectivity index (χ4n) is 3.20. The average Bonchev–Trinajstić information content (AvgIpc) is 2.44. The van der Waals surface area contributed by atoms with E-state index in [1.807, 2.05) is 0 Å². The van der Waals surface area contributed by atoms with E-state index in [9.17, 15) is 0 Å². The average molecular weight is 153 g/mol. The Morgan fingerprint density at radius 2 is 2.00 bits per heavy atom. The molecule has 0 aliphatic heterocycles. The van der Waals surface area contributed by atoms with Gasteiger partial charge >= 0.3 is 0 Å². The maximum Gasteiger partial charge on any atom is 0.0126 e. The molecule has 1 heteroatoms. The second kappa shape index (κ2) is 2.78. The van der Waals surface area contributed by atoms with Crippen LogP contribution < -0.4 is 5.32 Å². The number of rotatable bonds is 2. The number of hydrogen-bond donors (Lipinski definition) is 1. The van der Waals surface area contributed by atoms with Gasteiger partial charge in [-0.05, 0) is 37.1 Å². The van der Waals surface area contributed by atoms with E-state index in [1.165, 1.54) is 19.3 Å². The quantitative estimate of drug-likeness (QED) is 0.640. The Morgan fingerprint density at radius 1 is 1.27 bits per heavy atom. The maximum atomic E-state index is 3.60. The molecule has 2 saturated carbocycles. The van der Waals surface area contributed by atoms with Crippen LogP contribution in [0.3, 0.4) is 0 Å². The molecule has 64 valence electrons. The zero-order chi connectivity index (χ0) is 7.84. The van der Waals surface area contributed by atoms with Crippen LogP contribution in [0, 0.1) is 17.8 Å². The Balaban J connectivity index is 1.92. The first-order valence-corrected chi connectivity index (χ1v) is 5.08. The minimum absolute atomic E-state index is 0.868. The lowest BCUT2D eigenvalue weighted by Gasteiger charge is -2.48. The lowest BCUT2D eigenvalue weighted by molar-refractivity contribution is 0.0536. The van der Waals surface area contributed by atoms with Crippen molar-refractivity contribution in [3.05, 3.63) is 0 Å². The van der Waals surface area contributed by atoms with Crippen LogP contribution in [0.1, 0.15) is 33.1 Å². The topological polar surface area (TPSA) is 12.0 Å². The summed E-state index contributed by atoms with van der Waals surface area (Å²) < 4.78 is 0. The molecule has 2 aliphatic rings. The highest BCUT2D eigenvalue weighted by molar-refractivity contribution is 5.02. The number of nitrogens with one attached hydrogen (secondary N) is 1. The fraction of sp³-hybridized carbons (Fsp3) is 1.00. The van der Waals surface area contributed by atoms with Crippen molar-refractivity contribution in [3.8, 4) is 0 Å². The Bertz CT molecular complexity index is 144. The van der Waals surface area contributed by atoms with Gasteiger partial charge in [0.15, 0.2) is 0 Å². The molecular formula is C10H19N. The monoisotopic (exact) mass is 153 g/mol. The molecule has 0 bridgehead atoms. The summed E-state index contributed by atoms with van der Waals surface area (Å²) in [6.45, 7) is 5.78. The van der Waals surface area contributed by atoms with E-state index in [1.54, 1.807) is 0 Å². The zero-order valence-electron chi connectivity index (χ0n) is 7.64. The van der Waals surface area contributed by atoms with Gasteiger partial charge in [-0.1, -0.05) is 20.3 Å². The minimum Gasteiger partial charge on any atom is -0.314 e. The molecule has 1 N–H and O–H groups in total. The van der Waals surface area contributed by atoms with Gasteiger partial charge in [0, 0.05) is 6.04 Å². The van der Waals surface area contributed by atoms with Gasteiger partial charge in [-0.3, -0.25) is 0 Å². The molecule has 11 heavy (non-hydrogen) atoms. The molecule has 2 rings (SSSR count).